The Balaban J connectivity index is 3.45. The van der Waals surface area contributed by atoms with Crippen molar-refractivity contribution in [3.8, 4) is 5.75 Å². The van der Waals surface area contributed by atoms with Gasteiger partial charge in [-0.05, 0) is 0 Å². The predicted octanol–water partition coefficient (Wildman–Crippen LogP) is 3.01. The molecular formula is C8H4F4O. The van der Waals surface area contributed by atoms with Crippen LogP contribution in [-0.4, -0.2) is 0 Å². The van der Waals surface area contributed by atoms with Gasteiger partial charge in [0.1, 0.15) is 5.82 Å². The molecule has 0 aliphatic heterocycles. The van der Waals surface area contributed by atoms with Gasteiger partial charge in [-0.1, -0.05) is 12.7 Å². The minimum Gasteiger partial charge on any atom is -0.291 e. The molecule has 1 aromatic rings. The van der Waals surface area contributed by atoms with E-state index in [0.29, 0.717) is 6.07 Å². The smallest absolute Gasteiger partial charge is 0.213 e. The molecule has 70 valence electrons. The lowest BCUT2D eigenvalue weighted by Crippen LogP contribution is -1.96. The number of hydrogen-bond acceptors (Lipinski definition) is 1. The standard InChI is InChI=1S/C8H4F4O/c1-2-4-5(9)3-6(13-12)8(11)7(4)10/h2-3H,1H2. The lowest BCUT2D eigenvalue weighted by atomic mass is 10.2. The molecule has 1 rings (SSSR count). The van der Waals surface area contributed by atoms with Gasteiger partial charge < -0.3 is 0 Å². The van der Waals surface area contributed by atoms with Crippen molar-refractivity contribution < 1.29 is 22.6 Å². The van der Waals surface area contributed by atoms with Gasteiger partial charge in [-0.15, -0.1) is 0 Å². The minimum absolute atomic E-state index is 0.398. The van der Waals surface area contributed by atoms with Gasteiger partial charge in [-0.25, -0.2) is 8.78 Å². The normalized spacial score (nSPS) is 9.85. The second kappa shape index (κ2) is 3.47. The molecule has 0 unspecified atom stereocenters. The molecule has 1 nitrogen and oxygen atoms in total. The Morgan fingerprint density at radius 2 is 1.85 bits per heavy atom. The van der Waals surface area contributed by atoms with Crippen LogP contribution in [0, 0.1) is 17.5 Å². The van der Waals surface area contributed by atoms with E-state index in [2.05, 4.69) is 11.5 Å². The van der Waals surface area contributed by atoms with E-state index in [1.165, 1.54) is 0 Å². The first-order chi connectivity index (χ1) is 6.11. The molecular weight excluding hydrogens is 188 g/mol. The Morgan fingerprint density at radius 3 is 2.31 bits per heavy atom. The Kier molecular flexibility index (Phi) is 2.55. The van der Waals surface area contributed by atoms with Crippen molar-refractivity contribution in [2.45, 2.75) is 0 Å². The molecule has 0 aromatic heterocycles. The van der Waals surface area contributed by atoms with Crippen LogP contribution in [0.25, 0.3) is 6.08 Å². The third-order valence-electron chi connectivity index (χ3n) is 1.45. The Hall–Kier alpha value is -1.52. The average molecular weight is 192 g/mol. The summed E-state index contributed by atoms with van der Waals surface area (Å²) in [5, 5.41) is 0. The zero-order valence-electron chi connectivity index (χ0n) is 6.28. The lowest BCUT2D eigenvalue weighted by Gasteiger charge is -2.02. The zero-order chi connectivity index (χ0) is 10.0. The Bertz CT molecular complexity index is 348. The number of benzene rings is 1. The summed E-state index contributed by atoms with van der Waals surface area (Å²) >= 11 is 0. The zero-order valence-corrected chi connectivity index (χ0v) is 6.28. The molecule has 0 radical (unpaired) electrons. The van der Waals surface area contributed by atoms with Crippen molar-refractivity contribution in [1.29, 1.82) is 0 Å². The van der Waals surface area contributed by atoms with E-state index in [1.54, 1.807) is 0 Å². The van der Waals surface area contributed by atoms with Crippen LogP contribution in [0.15, 0.2) is 12.6 Å². The topological polar surface area (TPSA) is 9.23 Å². The van der Waals surface area contributed by atoms with Crippen molar-refractivity contribution in [2.75, 3.05) is 0 Å². The number of rotatable bonds is 2. The highest BCUT2D eigenvalue weighted by Gasteiger charge is 2.18. The molecule has 0 heterocycles. The van der Waals surface area contributed by atoms with Crippen LogP contribution >= 0.6 is 0 Å². The van der Waals surface area contributed by atoms with E-state index in [4.69, 9.17) is 0 Å². The van der Waals surface area contributed by atoms with Crippen molar-refractivity contribution in [3.05, 3.63) is 35.7 Å². The highest BCUT2D eigenvalue weighted by Crippen LogP contribution is 2.26. The minimum atomic E-state index is -1.58. The van der Waals surface area contributed by atoms with E-state index < -0.39 is 28.8 Å². The number of halogens is 4. The van der Waals surface area contributed by atoms with Crippen molar-refractivity contribution >= 4 is 6.08 Å². The van der Waals surface area contributed by atoms with Crippen LogP contribution in [0.5, 0.6) is 5.75 Å². The highest BCUT2D eigenvalue weighted by molar-refractivity contribution is 5.51. The average Bonchev–Trinajstić information content (AvgIpc) is 2.12. The second-order valence-electron chi connectivity index (χ2n) is 2.18. The first-order valence-electron chi connectivity index (χ1n) is 3.20. The molecule has 0 fully saturated rings. The van der Waals surface area contributed by atoms with E-state index in [0.717, 1.165) is 6.08 Å². The molecule has 0 saturated heterocycles. The second-order valence-corrected chi connectivity index (χ2v) is 2.18. The molecule has 0 spiro atoms. The van der Waals surface area contributed by atoms with Crippen LogP contribution in [0.4, 0.5) is 17.7 Å². The van der Waals surface area contributed by atoms with Gasteiger partial charge >= 0.3 is 0 Å². The summed E-state index contributed by atoms with van der Waals surface area (Å²) in [5.74, 6) is -5.37. The van der Waals surface area contributed by atoms with Gasteiger partial charge in [0.15, 0.2) is 5.82 Å². The van der Waals surface area contributed by atoms with Gasteiger partial charge in [0.05, 0.1) is 0 Å². The molecule has 13 heavy (non-hydrogen) atoms. The summed E-state index contributed by atoms with van der Waals surface area (Å²) in [6, 6.07) is 0.398. The predicted molar refractivity (Wildman–Crippen MR) is 38.1 cm³/mol. The van der Waals surface area contributed by atoms with Crippen LogP contribution in [0.1, 0.15) is 5.56 Å². The number of hydrogen-bond donors (Lipinski definition) is 0. The Labute approximate surface area is 71.1 Å². The summed E-state index contributed by atoms with van der Waals surface area (Å²) in [4.78, 5) is 2.92. The third-order valence-corrected chi connectivity index (χ3v) is 1.45. The van der Waals surface area contributed by atoms with Gasteiger partial charge in [0, 0.05) is 16.2 Å². The fraction of sp³-hybridized carbons (Fsp3) is 0. The van der Waals surface area contributed by atoms with Crippen molar-refractivity contribution in [2.24, 2.45) is 0 Å². The maximum Gasteiger partial charge on any atom is 0.213 e. The fourth-order valence-corrected chi connectivity index (χ4v) is 0.831. The van der Waals surface area contributed by atoms with E-state index in [9.17, 15) is 17.7 Å². The molecule has 0 aliphatic rings. The van der Waals surface area contributed by atoms with E-state index in [1.807, 2.05) is 0 Å². The quantitative estimate of drug-likeness (QED) is 0.517. The highest BCUT2D eigenvalue weighted by atomic mass is 19.3. The largest absolute Gasteiger partial charge is 0.291 e. The fourth-order valence-electron chi connectivity index (χ4n) is 0.831. The molecule has 0 atom stereocenters. The van der Waals surface area contributed by atoms with Gasteiger partial charge in [-0.2, -0.15) is 4.39 Å². The van der Waals surface area contributed by atoms with Crippen LogP contribution < -0.4 is 4.94 Å². The molecule has 0 saturated carbocycles. The first kappa shape index (κ1) is 9.57. The van der Waals surface area contributed by atoms with Crippen LogP contribution in [-0.2, 0) is 0 Å². The molecule has 0 bridgehead atoms. The summed E-state index contributed by atoms with van der Waals surface area (Å²) in [7, 11) is 0. The molecule has 0 aliphatic carbocycles. The maximum absolute atomic E-state index is 12.8. The van der Waals surface area contributed by atoms with Crippen LogP contribution in [0.3, 0.4) is 0 Å². The van der Waals surface area contributed by atoms with Gasteiger partial charge in [0.25, 0.3) is 0 Å². The molecule has 1 aromatic carbocycles. The van der Waals surface area contributed by atoms with Crippen molar-refractivity contribution in [3.63, 3.8) is 0 Å². The molecule has 5 heteroatoms. The Morgan fingerprint density at radius 1 is 1.23 bits per heavy atom. The monoisotopic (exact) mass is 192 g/mol. The summed E-state index contributed by atoms with van der Waals surface area (Å²) in [5.41, 5.74) is -0.654. The molecule has 0 amide bonds. The summed E-state index contributed by atoms with van der Waals surface area (Å²) < 4.78 is 49.7. The lowest BCUT2D eigenvalue weighted by molar-refractivity contribution is -0.0118. The van der Waals surface area contributed by atoms with Crippen molar-refractivity contribution in [1.82, 2.24) is 0 Å². The van der Waals surface area contributed by atoms with Gasteiger partial charge in [0.2, 0.25) is 11.6 Å². The molecule has 0 N–H and O–H groups in total. The summed E-state index contributed by atoms with van der Waals surface area (Å²) in [6.45, 7) is 3.07. The first-order valence-corrected chi connectivity index (χ1v) is 3.20. The van der Waals surface area contributed by atoms with E-state index >= 15 is 0 Å². The third kappa shape index (κ3) is 1.49. The van der Waals surface area contributed by atoms with E-state index in [-0.39, 0.29) is 0 Å². The maximum atomic E-state index is 12.8. The SMILES string of the molecule is C=Cc1c(F)cc(OF)c(F)c1F. The van der Waals surface area contributed by atoms with Gasteiger partial charge in [-0.3, -0.25) is 4.94 Å². The van der Waals surface area contributed by atoms with Crippen LogP contribution in [0.2, 0.25) is 0 Å². The summed E-state index contributed by atoms with van der Waals surface area (Å²) in [6.07, 6.45) is 0.787.